The van der Waals surface area contributed by atoms with Crippen LogP contribution in [0.1, 0.15) is 0 Å². The maximum Gasteiger partial charge on any atom is 4.00 e. The topological polar surface area (TPSA) is 57.0 Å². The number of hydrogen-bond acceptors (Lipinski definition) is 0. The smallest absolute Gasteiger partial charge is 2.00 e. The summed E-state index contributed by atoms with van der Waals surface area (Å²) in [5.74, 6) is 0. The van der Waals surface area contributed by atoms with Gasteiger partial charge in [-0.3, -0.25) is 0 Å². The predicted molar refractivity (Wildman–Crippen MR) is 1.37 cm³/mol. The van der Waals surface area contributed by atoms with Crippen molar-refractivity contribution in [2.45, 2.75) is 0 Å². The van der Waals surface area contributed by atoms with Crippen LogP contribution in [0.15, 0.2) is 0 Å². The Hall–Kier alpha value is 1.05. The molecule has 2 nitrogen and oxygen atoms in total. The van der Waals surface area contributed by atoms with Crippen LogP contribution >= 0.6 is 0 Å². The van der Waals surface area contributed by atoms with Gasteiger partial charge in [-0.05, 0) is 0 Å². The van der Waals surface area contributed by atoms with Gasteiger partial charge in [0.15, 0.2) is 0 Å². The van der Waals surface area contributed by atoms with Crippen molar-refractivity contribution in [1.82, 2.24) is 0 Å². The zero-order chi connectivity index (χ0) is 0. The minimum Gasteiger partial charge on any atom is -2.00 e. The van der Waals surface area contributed by atoms with Crippen molar-refractivity contribution in [3.8, 4) is 0 Å². The Bertz CT molecular complexity index is 6.00. The second-order valence-electron chi connectivity index (χ2n) is 0. The van der Waals surface area contributed by atoms with Crippen molar-refractivity contribution in [3.05, 3.63) is 0 Å². The van der Waals surface area contributed by atoms with Gasteiger partial charge in [0.2, 0.25) is 0 Å². The summed E-state index contributed by atoms with van der Waals surface area (Å²) in [5.41, 5.74) is 0. The van der Waals surface area contributed by atoms with Crippen molar-refractivity contribution in [2.24, 2.45) is 0 Å². The van der Waals surface area contributed by atoms with Crippen LogP contribution in [0.2, 0.25) is 0 Å². The molecular weight excluding hydrogens is 192 g/mol. The largest absolute Gasteiger partial charge is 4.00 e. The Balaban J connectivity index is 0. The van der Waals surface area contributed by atoms with E-state index >= 15 is 0 Å². The molecule has 0 spiro atoms. The van der Waals surface area contributed by atoms with Gasteiger partial charge in [0.05, 0.1) is 0 Å². The van der Waals surface area contributed by atoms with E-state index in [2.05, 4.69) is 0 Å². The average Bonchev–Trinajstić information content (AvgIpc) is 0. The summed E-state index contributed by atoms with van der Waals surface area (Å²) in [6, 6.07) is 0. The molecule has 4 heteroatoms. The van der Waals surface area contributed by atoms with Crippen LogP contribution < -0.4 is 0 Å². The van der Waals surface area contributed by atoms with Gasteiger partial charge in [0.1, 0.15) is 0 Å². The molecule has 0 aromatic carbocycles. The molecule has 0 aromatic heterocycles. The normalized spacial score (nSPS) is 0. The van der Waals surface area contributed by atoms with Crippen LogP contribution in [-0.4, -0.2) is 0 Å². The summed E-state index contributed by atoms with van der Waals surface area (Å²) in [5, 5.41) is 0. The first-order valence-electron chi connectivity index (χ1n) is 0. The Morgan fingerprint density at radius 3 is 0.750 bits per heavy atom. The zero-order valence-corrected chi connectivity index (χ0v) is 4.28. The van der Waals surface area contributed by atoms with E-state index < -0.39 is 0 Å². The molecule has 0 saturated heterocycles. The van der Waals surface area contributed by atoms with E-state index in [9.17, 15) is 0 Å². The predicted octanol–water partition coefficient (Wildman–Crippen LogP) is -0.243. The first-order chi connectivity index (χ1) is 0. The second-order valence-corrected chi connectivity index (χ2v) is 0. The molecule has 0 atom stereocenters. The van der Waals surface area contributed by atoms with Gasteiger partial charge in [-0.15, -0.1) is 0 Å². The minimum atomic E-state index is 0. The van der Waals surface area contributed by atoms with Gasteiger partial charge in [0.25, 0.3) is 0 Å². The fourth-order valence-electron chi connectivity index (χ4n) is 0. The first-order valence-corrected chi connectivity index (χ1v) is 0. The van der Waals surface area contributed by atoms with Crippen molar-refractivity contribution in [2.75, 3.05) is 0 Å². The fourth-order valence-corrected chi connectivity index (χ4v) is 0. The summed E-state index contributed by atoms with van der Waals surface area (Å²) >= 11 is 0. The van der Waals surface area contributed by atoms with Crippen molar-refractivity contribution >= 4 is 0 Å². The van der Waals surface area contributed by atoms with Crippen LogP contribution in [0.5, 0.6) is 0 Å². The zero-order valence-electron chi connectivity index (χ0n) is 1.50. The van der Waals surface area contributed by atoms with E-state index in [1.54, 1.807) is 0 Å². The molecule has 29 valence electrons. The minimum absolute atomic E-state index is 0. The van der Waals surface area contributed by atoms with Crippen LogP contribution in [0.3, 0.4) is 0 Å². The average molecular weight is 192 g/mol. The Morgan fingerprint density at radius 2 is 0.750 bits per heavy atom. The molecule has 0 bridgehead atoms. The second kappa shape index (κ2) is 34.2. The summed E-state index contributed by atoms with van der Waals surface area (Å²) in [4.78, 5) is 0. The molecule has 4 heavy (non-hydrogen) atoms. The molecule has 0 heterocycles. The van der Waals surface area contributed by atoms with E-state index in [0.717, 1.165) is 0 Å². The number of hydrogen-bond donors (Lipinski definition) is 0. The van der Waals surface area contributed by atoms with Gasteiger partial charge in [-0.2, -0.15) is 0 Å². The molecule has 0 unspecified atom stereocenters. The molecule has 0 rings (SSSR count). The van der Waals surface area contributed by atoms with Crippen molar-refractivity contribution < 1.29 is 47.2 Å². The molecular formula is CoO2Ru. The third kappa shape index (κ3) is 11.6. The Labute approximate surface area is 47.5 Å². The van der Waals surface area contributed by atoms with E-state index in [4.69, 9.17) is 0 Å². The monoisotopic (exact) mass is 193 g/mol. The van der Waals surface area contributed by atoms with E-state index in [0.29, 0.717) is 0 Å². The molecule has 0 aliphatic heterocycles. The summed E-state index contributed by atoms with van der Waals surface area (Å²) in [7, 11) is 0. The van der Waals surface area contributed by atoms with Gasteiger partial charge in [-0.1, -0.05) is 0 Å². The van der Waals surface area contributed by atoms with E-state index in [-0.39, 0.29) is 47.2 Å². The van der Waals surface area contributed by atoms with E-state index in [1.165, 1.54) is 0 Å². The molecule has 0 N–H and O–H groups in total. The third-order valence-corrected chi connectivity index (χ3v) is 0. The van der Waals surface area contributed by atoms with Gasteiger partial charge in [-0.25, -0.2) is 0 Å². The first kappa shape index (κ1) is 75.1. The number of rotatable bonds is 0. The SMILES string of the molecule is [Co].[O-2].[O-2].[Ru+4]. The maximum absolute atomic E-state index is 0. The third-order valence-electron chi connectivity index (χ3n) is 0. The van der Waals surface area contributed by atoms with Crippen LogP contribution in [0.4, 0.5) is 0 Å². The molecule has 0 amide bonds. The molecule has 0 aliphatic carbocycles. The van der Waals surface area contributed by atoms with Crippen molar-refractivity contribution in [1.29, 1.82) is 0 Å². The molecule has 1 radical (unpaired) electrons. The van der Waals surface area contributed by atoms with Crippen molar-refractivity contribution in [3.63, 3.8) is 0 Å². The standard InChI is InChI=1S/Co.2O.Ru/q;2*-2;+4. The van der Waals surface area contributed by atoms with Gasteiger partial charge in [0, 0.05) is 16.8 Å². The van der Waals surface area contributed by atoms with Gasteiger partial charge >= 0.3 is 19.5 Å². The van der Waals surface area contributed by atoms with Gasteiger partial charge < -0.3 is 11.0 Å². The summed E-state index contributed by atoms with van der Waals surface area (Å²) < 4.78 is 0. The van der Waals surface area contributed by atoms with Crippen LogP contribution in [-0.2, 0) is 47.2 Å². The summed E-state index contributed by atoms with van der Waals surface area (Å²) in [6.07, 6.45) is 0. The van der Waals surface area contributed by atoms with Crippen LogP contribution in [0, 0.1) is 0 Å². The Morgan fingerprint density at radius 1 is 0.750 bits per heavy atom. The van der Waals surface area contributed by atoms with E-state index in [1.807, 2.05) is 0 Å². The van der Waals surface area contributed by atoms with Crippen LogP contribution in [0.25, 0.3) is 0 Å². The molecule has 0 saturated carbocycles. The summed E-state index contributed by atoms with van der Waals surface area (Å²) in [6.45, 7) is 0. The molecule has 0 aromatic rings. The maximum atomic E-state index is 0. The Kier molecular flexibility index (Phi) is 642. The fraction of sp³-hybridized carbons (Fsp3) is 0. The molecule has 0 fully saturated rings. The quantitative estimate of drug-likeness (QED) is 0.475. The molecule has 0 aliphatic rings.